The molecule has 1 N–H and O–H groups in total. The fraction of sp³-hybridized carbons (Fsp3) is 0.353. The fourth-order valence-corrected chi connectivity index (χ4v) is 3.59. The van der Waals surface area contributed by atoms with Crippen molar-refractivity contribution in [3.8, 4) is 0 Å². The number of thiazole rings is 1. The maximum absolute atomic E-state index is 12.9. The van der Waals surface area contributed by atoms with Gasteiger partial charge >= 0.3 is 0 Å². The van der Waals surface area contributed by atoms with Crippen molar-refractivity contribution < 1.29 is 14.0 Å². The molecular weight excluding hydrogens is 343 g/mol. The minimum Gasteiger partial charge on any atom is -0.309 e. The summed E-state index contributed by atoms with van der Waals surface area (Å²) < 4.78 is 12.9. The minimum absolute atomic E-state index is 0.0408. The zero-order valence-corrected chi connectivity index (χ0v) is 14.8. The van der Waals surface area contributed by atoms with E-state index in [1.54, 1.807) is 21.9 Å². The Morgan fingerprint density at radius 2 is 2.16 bits per heavy atom. The van der Waals surface area contributed by atoms with Gasteiger partial charge in [-0.15, -0.1) is 11.3 Å². The van der Waals surface area contributed by atoms with Crippen molar-refractivity contribution in [3.63, 3.8) is 0 Å². The molecule has 0 saturated carbocycles. The van der Waals surface area contributed by atoms with E-state index in [0.717, 1.165) is 5.69 Å². The van der Waals surface area contributed by atoms with Gasteiger partial charge in [0.05, 0.1) is 12.2 Å². The van der Waals surface area contributed by atoms with E-state index in [2.05, 4.69) is 10.3 Å². The highest BCUT2D eigenvalue weighted by molar-refractivity contribution is 7.14. The Kier molecular flexibility index (Phi) is 5.10. The summed E-state index contributed by atoms with van der Waals surface area (Å²) >= 11 is 1.41. The number of carbonyl (C=O) groups excluding carboxylic acids is 2. The molecule has 132 valence electrons. The largest absolute Gasteiger partial charge is 0.309 e. The van der Waals surface area contributed by atoms with Crippen LogP contribution in [-0.4, -0.2) is 35.9 Å². The Balaban J connectivity index is 1.54. The van der Waals surface area contributed by atoms with Gasteiger partial charge in [0, 0.05) is 31.1 Å². The summed E-state index contributed by atoms with van der Waals surface area (Å²) in [5.41, 5.74) is 1.49. The first-order valence-electron chi connectivity index (χ1n) is 8.02. The number of aromatic nitrogens is 1. The summed E-state index contributed by atoms with van der Waals surface area (Å²) in [6, 6.07) is 5.60. The smallest absolute Gasteiger partial charge is 0.246 e. The SMILES string of the molecule is CCN(C(C)=O)c1nc(CN[C@@H]2CN(c3ccc(F)cc3)C2=O)cs1. The molecule has 1 aromatic carbocycles. The Bertz CT molecular complexity index is 777. The molecule has 0 bridgehead atoms. The molecule has 0 aliphatic carbocycles. The summed E-state index contributed by atoms with van der Waals surface area (Å²) in [6.07, 6.45) is 0. The monoisotopic (exact) mass is 362 g/mol. The Hall–Kier alpha value is -2.32. The topological polar surface area (TPSA) is 65.5 Å². The summed E-state index contributed by atoms with van der Waals surface area (Å²) in [7, 11) is 0. The highest BCUT2D eigenvalue weighted by Gasteiger charge is 2.37. The van der Waals surface area contributed by atoms with Crippen LogP contribution < -0.4 is 15.1 Å². The molecular formula is C17H19FN4O2S. The Labute approximate surface area is 149 Å². The molecule has 0 radical (unpaired) electrons. The van der Waals surface area contributed by atoms with Crippen LogP contribution in [0.2, 0.25) is 0 Å². The Morgan fingerprint density at radius 1 is 1.44 bits per heavy atom. The van der Waals surface area contributed by atoms with E-state index in [9.17, 15) is 14.0 Å². The number of hydrogen-bond acceptors (Lipinski definition) is 5. The molecule has 6 nitrogen and oxygen atoms in total. The van der Waals surface area contributed by atoms with Gasteiger partial charge in [-0.3, -0.25) is 19.8 Å². The van der Waals surface area contributed by atoms with Gasteiger partial charge in [0.15, 0.2) is 5.13 Å². The lowest BCUT2D eigenvalue weighted by molar-refractivity contribution is -0.124. The van der Waals surface area contributed by atoms with Gasteiger partial charge in [0.2, 0.25) is 11.8 Å². The highest BCUT2D eigenvalue weighted by atomic mass is 32.1. The van der Waals surface area contributed by atoms with Gasteiger partial charge in [-0.1, -0.05) is 0 Å². The highest BCUT2D eigenvalue weighted by Crippen LogP contribution is 2.24. The van der Waals surface area contributed by atoms with Gasteiger partial charge in [-0.2, -0.15) is 0 Å². The van der Waals surface area contributed by atoms with Crippen LogP contribution in [0.25, 0.3) is 0 Å². The number of β-lactam (4-membered cyclic amide) rings is 1. The molecule has 3 rings (SSSR count). The van der Waals surface area contributed by atoms with Crippen LogP contribution in [0.4, 0.5) is 15.2 Å². The average Bonchev–Trinajstić information content (AvgIpc) is 3.04. The number of benzene rings is 1. The first-order valence-corrected chi connectivity index (χ1v) is 8.90. The first-order chi connectivity index (χ1) is 12.0. The number of halogens is 1. The molecule has 25 heavy (non-hydrogen) atoms. The molecule has 2 amide bonds. The predicted octanol–water partition coefficient (Wildman–Crippen LogP) is 2.16. The summed E-state index contributed by atoms with van der Waals surface area (Å²) in [6.45, 7) is 4.98. The molecule has 0 unspecified atom stereocenters. The van der Waals surface area contributed by atoms with Gasteiger partial charge in [-0.05, 0) is 31.2 Å². The minimum atomic E-state index is -0.322. The van der Waals surface area contributed by atoms with Crippen LogP contribution in [0.3, 0.4) is 0 Å². The molecule has 1 aromatic heterocycles. The quantitative estimate of drug-likeness (QED) is 0.800. The van der Waals surface area contributed by atoms with E-state index >= 15 is 0 Å². The van der Waals surface area contributed by atoms with Crippen molar-refractivity contribution in [1.29, 1.82) is 0 Å². The third-order valence-corrected chi connectivity index (χ3v) is 4.98. The zero-order chi connectivity index (χ0) is 18.0. The number of rotatable bonds is 6. The molecule has 0 spiro atoms. The third kappa shape index (κ3) is 3.69. The van der Waals surface area contributed by atoms with Crippen LogP contribution >= 0.6 is 11.3 Å². The second kappa shape index (κ2) is 7.28. The molecule has 1 saturated heterocycles. The second-order valence-electron chi connectivity index (χ2n) is 5.74. The third-order valence-electron chi connectivity index (χ3n) is 4.06. The fourth-order valence-electron chi connectivity index (χ4n) is 2.65. The number of nitrogens with zero attached hydrogens (tertiary/aromatic N) is 3. The van der Waals surface area contributed by atoms with E-state index in [0.29, 0.717) is 30.5 Å². The molecule has 1 fully saturated rings. The van der Waals surface area contributed by atoms with Crippen LogP contribution in [0.15, 0.2) is 29.6 Å². The lowest BCUT2D eigenvalue weighted by Crippen LogP contribution is -2.62. The predicted molar refractivity (Wildman–Crippen MR) is 95.2 cm³/mol. The molecule has 1 aliphatic rings. The average molecular weight is 362 g/mol. The molecule has 2 aromatic rings. The lowest BCUT2D eigenvalue weighted by Gasteiger charge is -2.38. The van der Waals surface area contributed by atoms with Crippen LogP contribution in [0, 0.1) is 5.82 Å². The van der Waals surface area contributed by atoms with Crippen molar-refractivity contribution in [3.05, 3.63) is 41.2 Å². The van der Waals surface area contributed by atoms with Crippen molar-refractivity contribution in [1.82, 2.24) is 10.3 Å². The maximum atomic E-state index is 12.9. The molecule has 1 aliphatic heterocycles. The summed E-state index contributed by atoms with van der Waals surface area (Å²) in [5.74, 6) is -0.404. The van der Waals surface area contributed by atoms with E-state index in [1.165, 1.54) is 30.4 Å². The Morgan fingerprint density at radius 3 is 2.76 bits per heavy atom. The number of hydrogen-bond donors (Lipinski definition) is 1. The number of nitrogens with one attached hydrogen (secondary N) is 1. The van der Waals surface area contributed by atoms with E-state index in [4.69, 9.17) is 0 Å². The van der Waals surface area contributed by atoms with E-state index in [1.807, 2.05) is 12.3 Å². The van der Waals surface area contributed by atoms with Crippen molar-refractivity contribution >= 4 is 34.0 Å². The molecule has 1 atom stereocenters. The van der Waals surface area contributed by atoms with Crippen molar-refractivity contribution in [2.75, 3.05) is 22.9 Å². The number of carbonyl (C=O) groups is 2. The van der Waals surface area contributed by atoms with E-state index < -0.39 is 0 Å². The molecule has 2 heterocycles. The number of anilines is 2. The van der Waals surface area contributed by atoms with Gasteiger partial charge < -0.3 is 4.90 Å². The van der Waals surface area contributed by atoms with E-state index in [-0.39, 0.29) is 23.7 Å². The van der Waals surface area contributed by atoms with Gasteiger partial charge in [0.1, 0.15) is 11.9 Å². The van der Waals surface area contributed by atoms with Crippen molar-refractivity contribution in [2.24, 2.45) is 0 Å². The standard InChI is InChI=1S/C17H19FN4O2S/c1-3-21(11(2)23)17-20-13(10-25-17)8-19-15-9-22(16(15)24)14-6-4-12(18)5-7-14/h4-7,10,15,19H,3,8-9H2,1-2H3/t15-/m1/s1. The zero-order valence-electron chi connectivity index (χ0n) is 14.0. The first kappa shape index (κ1) is 17.5. The molecule has 8 heteroatoms. The summed E-state index contributed by atoms with van der Waals surface area (Å²) in [5, 5.41) is 5.72. The number of amides is 2. The lowest BCUT2D eigenvalue weighted by atomic mass is 10.1. The normalized spacial score (nSPS) is 16.7. The van der Waals surface area contributed by atoms with Crippen LogP contribution in [0.1, 0.15) is 19.5 Å². The van der Waals surface area contributed by atoms with Gasteiger partial charge in [0.25, 0.3) is 0 Å². The van der Waals surface area contributed by atoms with Crippen molar-refractivity contribution in [2.45, 2.75) is 26.4 Å². The van der Waals surface area contributed by atoms with Gasteiger partial charge in [-0.25, -0.2) is 9.37 Å². The van der Waals surface area contributed by atoms with Crippen LogP contribution in [-0.2, 0) is 16.1 Å². The van der Waals surface area contributed by atoms with Crippen LogP contribution in [0.5, 0.6) is 0 Å². The maximum Gasteiger partial charge on any atom is 0.246 e. The second-order valence-corrected chi connectivity index (χ2v) is 6.58. The summed E-state index contributed by atoms with van der Waals surface area (Å²) in [4.78, 5) is 31.4.